The fourth-order valence-corrected chi connectivity index (χ4v) is 8.32. The lowest BCUT2D eigenvalue weighted by atomic mass is 9.83. The third-order valence-corrected chi connectivity index (χ3v) is 9.71. The van der Waals surface area contributed by atoms with Crippen molar-refractivity contribution in [3.05, 3.63) is 117 Å². The molecule has 0 saturated carbocycles. The third kappa shape index (κ3) is 3.51. The number of thioether (sulfide) groups is 1. The largest absolute Gasteiger partial charge is 0.343 e. The first kappa shape index (κ1) is 22.3. The van der Waals surface area contributed by atoms with Gasteiger partial charge in [0.25, 0.3) is 0 Å². The number of benzene rings is 3. The number of aromatic nitrogens is 2. The van der Waals surface area contributed by atoms with Gasteiger partial charge in [0.2, 0.25) is 11.8 Å². The molecule has 6 nitrogen and oxygen atoms in total. The Labute approximate surface area is 220 Å². The summed E-state index contributed by atoms with van der Waals surface area (Å²) in [4.78, 5) is 40.2. The van der Waals surface area contributed by atoms with E-state index in [2.05, 4.69) is 40.3 Å². The SMILES string of the molecule is O=C1NC(=O)[C@H]2Sc3c(sc(=O)n3-c3ccccc3)[C@@H](c3cn(Cc4ccccc4)c4ccccc34)[C@H]12. The number of para-hydroxylation sites is 2. The molecule has 1 saturated heterocycles. The topological polar surface area (TPSA) is 73.1 Å². The number of thiazole rings is 1. The van der Waals surface area contributed by atoms with Crippen molar-refractivity contribution in [2.24, 2.45) is 5.92 Å². The molecule has 8 heteroatoms. The van der Waals surface area contributed by atoms with Crippen LogP contribution >= 0.6 is 23.1 Å². The summed E-state index contributed by atoms with van der Waals surface area (Å²) in [5.74, 6) is -1.55. The molecule has 4 heterocycles. The van der Waals surface area contributed by atoms with Crippen molar-refractivity contribution in [1.29, 1.82) is 0 Å². The molecule has 37 heavy (non-hydrogen) atoms. The molecule has 2 aromatic heterocycles. The molecule has 1 N–H and O–H groups in total. The molecule has 0 spiro atoms. The number of nitrogens with zero attached hydrogens (tertiary/aromatic N) is 2. The molecule has 0 unspecified atom stereocenters. The van der Waals surface area contributed by atoms with E-state index in [0.717, 1.165) is 32.1 Å². The molecule has 5 aromatic rings. The number of fused-ring (bicyclic) bond motifs is 3. The second kappa shape index (κ2) is 8.61. The van der Waals surface area contributed by atoms with Crippen molar-refractivity contribution in [3.63, 3.8) is 0 Å². The van der Waals surface area contributed by atoms with Crippen molar-refractivity contribution >= 4 is 45.8 Å². The quantitative estimate of drug-likeness (QED) is 0.344. The predicted molar refractivity (Wildman–Crippen MR) is 146 cm³/mol. The summed E-state index contributed by atoms with van der Waals surface area (Å²) >= 11 is 2.50. The Kier molecular flexibility index (Phi) is 5.19. The fraction of sp³-hybridized carbons (Fsp3) is 0.138. The molecule has 0 radical (unpaired) electrons. The van der Waals surface area contributed by atoms with Gasteiger partial charge in [0.15, 0.2) is 0 Å². The van der Waals surface area contributed by atoms with Gasteiger partial charge >= 0.3 is 4.87 Å². The van der Waals surface area contributed by atoms with Crippen LogP contribution in [0.2, 0.25) is 0 Å². The highest BCUT2D eigenvalue weighted by Crippen LogP contribution is 2.53. The Morgan fingerprint density at radius 3 is 2.30 bits per heavy atom. The van der Waals surface area contributed by atoms with E-state index >= 15 is 0 Å². The average molecular weight is 524 g/mol. The highest BCUT2D eigenvalue weighted by Gasteiger charge is 2.53. The number of hydrogen-bond donors (Lipinski definition) is 1. The van der Waals surface area contributed by atoms with Crippen LogP contribution in [0.5, 0.6) is 0 Å². The van der Waals surface area contributed by atoms with E-state index in [9.17, 15) is 14.4 Å². The number of imide groups is 1. The van der Waals surface area contributed by atoms with Gasteiger partial charge in [0.05, 0.1) is 16.6 Å². The lowest BCUT2D eigenvalue weighted by Gasteiger charge is -2.30. The van der Waals surface area contributed by atoms with Crippen LogP contribution in [0.15, 0.2) is 101 Å². The Hall–Kier alpha value is -3.88. The number of carbonyl (C=O) groups excluding carboxylic acids is 2. The summed E-state index contributed by atoms with van der Waals surface area (Å²) in [5.41, 5.74) is 3.94. The summed E-state index contributed by atoms with van der Waals surface area (Å²) < 4.78 is 3.88. The van der Waals surface area contributed by atoms with Crippen LogP contribution in [-0.4, -0.2) is 26.2 Å². The van der Waals surface area contributed by atoms with Crippen LogP contribution in [-0.2, 0) is 16.1 Å². The normalized spacial score (nSPS) is 20.6. The van der Waals surface area contributed by atoms with E-state index in [4.69, 9.17) is 0 Å². The van der Waals surface area contributed by atoms with Crippen molar-refractivity contribution in [1.82, 2.24) is 14.5 Å². The van der Waals surface area contributed by atoms with E-state index in [-0.39, 0.29) is 16.7 Å². The third-order valence-electron chi connectivity index (χ3n) is 7.17. The van der Waals surface area contributed by atoms with Gasteiger partial charge < -0.3 is 4.57 Å². The molecule has 3 atom stereocenters. The Bertz CT molecular complexity index is 1740. The van der Waals surface area contributed by atoms with Gasteiger partial charge in [-0.25, -0.2) is 0 Å². The first-order valence-corrected chi connectivity index (χ1v) is 13.7. The first-order chi connectivity index (χ1) is 18.1. The maximum Gasteiger partial charge on any atom is 0.312 e. The van der Waals surface area contributed by atoms with Crippen LogP contribution in [0.25, 0.3) is 16.6 Å². The van der Waals surface area contributed by atoms with Gasteiger partial charge in [-0.2, -0.15) is 0 Å². The van der Waals surface area contributed by atoms with E-state index < -0.39 is 17.1 Å². The highest BCUT2D eigenvalue weighted by atomic mass is 32.2. The zero-order valence-corrected chi connectivity index (χ0v) is 21.2. The zero-order valence-electron chi connectivity index (χ0n) is 19.5. The maximum absolute atomic E-state index is 13.4. The molecule has 2 amide bonds. The van der Waals surface area contributed by atoms with E-state index in [1.165, 1.54) is 28.7 Å². The summed E-state index contributed by atoms with van der Waals surface area (Å²) in [5, 5.41) is 3.75. The Balaban J connectivity index is 1.46. The molecule has 3 aromatic carbocycles. The minimum absolute atomic E-state index is 0.116. The van der Waals surface area contributed by atoms with E-state index in [1.54, 1.807) is 4.57 Å². The van der Waals surface area contributed by atoms with Crippen LogP contribution < -0.4 is 10.2 Å². The monoisotopic (exact) mass is 523 g/mol. The first-order valence-electron chi connectivity index (χ1n) is 12.0. The molecular formula is C29H21N3O3S2. The molecular weight excluding hydrogens is 502 g/mol. The van der Waals surface area contributed by atoms with Gasteiger partial charge in [-0.15, -0.1) is 0 Å². The summed E-state index contributed by atoms with van der Waals surface area (Å²) in [6.45, 7) is 0.677. The van der Waals surface area contributed by atoms with Gasteiger partial charge in [-0.3, -0.25) is 24.3 Å². The summed E-state index contributed by atoms with van der Waals surface area (Å²) in [6, 6.07) is 27.8. The van der Waals surface area contributed by atoms with Gasteiger partial charge in [0, 0.05) is 34.4 Å². The van der Waals surface area contributed by atoms with Crippen molar-refractivity contribution in [2.45, 2.75) is 22.7 Å². The van der Waals surface area contributed by atoms with Crippen LogP contribution in [0.3, 0.4) is 0 Å². The lowest BCUT2D eigenvalue weighted by Crippen LogP contribution is -2.31. The Morgan fingerprint density at radius 2 is 1.51 bits per heavy atom. The second-order valence-corrected chi connectivity index (χ2v) is 11.4. The van der Waals surface area contributed by atoms with Crippen molar-refractivity contribution in [3.8, 4) is 5.69 Å². The number of carbonyl (C=O) groups is 2. The second-order valence-electron chi connectivity index (χ2n) is 9.32. The Morgan fingerprint density at radius 1 is 0.811 bits per heavy atom. The number of nitrogens with one attached hydrogen (secondary N) is 1. The lowest BCUT2D eigenvalue weighted by molar-refractivity contribution is -0.125. The predicted octanol–water partition coefficient (Wildman–Crippen LogP) is 4.78. The van der Waals surface area contributed by atoms with Gasteiger partial charge in [-0.05, 0) is 29.3 Å². The van der Waals surface area contributed by atoms with E-state index in [1.807, 2.05) is 60.7 Å². The van der Waals surface area contributed by atoms with Gasteiger partial charge in [-0.1, -0.05) is 89.8 Å². The molecule has 182 valence electrons. The smallest absolute Gasteiger partial charge is 0.312 e. The molecule has 0 aliphatic carbocycles. The standard InChI is InChI=1S/C29H21N3O3S2/c33-26-23-22(20-16-31(15-17-9-3-1-4-10-17)21-14-8-7-13-19(20)21)25-28(36-24(23)27(34)30-26)32(29(35)37-25)18-11-5-2-6-12-18/h1-14,16,22-24H,15H2,(H,30,33,34)/t22-,23-,24-/m0/s1. The number of hydrogen-bond acceptors (Lipinski definition) is 5. The molecule has 2 aliphatic rings. The van der Waals surface area contributed by atoms with Crippen molar-refractivity contribution < 1.29 is 9.59 Å². The minimum Gasteiger partial charge on any atom is -0.343 e. The molecule has 7 rings (SSSR count). The number of amides is 2. The minimum atomic E-state index is -0.592. The average Bonchev–Trinajstić information content (AvgIpc) is 3.54. The molecule has 1 fully saturated rings. The summed E-state index contributed by atoms with van der Waals surface area (Å²) in [6.07, 6.45) is 2.10. The molecule has 2 aliphatic heterocycles. The fourth-order valence-electron chi connectivity index (χ4n) is 5.56. The van der Waals surface area contributed by atoms with Crippen molar-refractivity contribution in [2.75, 3.05) is 0 Å². The highest BCUT2D eigenvalue weighted by molar-refractivity contribution is 8.00. The van der Waals surface area contributed by atoms with Crippen LogP contribution in [0.4, 0.5) is 0 Å². The molecule has 0 bridgehead atoms. The number of rotatable bonds is 4. The van der Waals surface area contributed by atoms with E-state index in [0.29, 0.717) is 6.54 Å². The maximum atomic E-state index is 13.4. The van der Waals surface area contributed by atoms with Gasteiger partial charge in [0.1, 0.15) is 5.25 Å². The zero-order chi connectivity index (χ0) is 25.1. The summed E-state index contributed by atoms with van der Waals surface area (Å²) in [7, 11) is 0. The van der Waals surface area contributed by atoms with Crippen LogP contribution in [0.1, 0.15) is 21.9 Å². The van der Waals surface area contributed by atoms with Crippen LogP contribution in [0, 0.1) is 5.92 Å².